The van der Waals surface area contributed by atoms with Crippen molar-refractivity contribution in [3.05, 3.63) is 57.0 Å². The van der Waals surface area contributed by atoms with Crippen LogP contribution in [0.15, 0.2) is 36.4 Å². The third kappa shape index (κ3) is 4.81. The lowest BCUT2D eigenvalue weighted by Crippen LogP contribution is -2.21. The summed E-state index contributed by atoms with van der Waals surface area (Å²) in [5.41, 5.74) is 2.30. The molecule has 2 aromatic rings. The van der Waals surface area contributed by atoms with Crippen LogP contribution in [0.5, 0.6) is 0 Å². The average Bonchev–Trinajstić information content (AvgIpc) is 2.40. The Labute approximate surface area is 138 Å². The fourth-order valence-corrected chi connectivity index (χ4v) is 2.42. The maximum absolute atomic E-state index is 11.9. The quantitative estimate of drug-likeness (QED) is 0.819. The number of hydrogen-bond acceptors (Lipinski definition) is 2. The van der Waals surface area contributed by atoms with Crippen LogP contribution in [0.25, 0.3) is 0 Å². The number of benzene rings is 2. The summed E-state index contributed by atoms with van der Waals surface area (Å²) in [7, 11) is 0. The SMILES string of the molecule is Cc1ccc(NC(=O)CNc2cc(Cl)cc(Cl)c2)cc1Cl. The molecular weight excluding hydrogens is 331 g/mol. The molecule has 0 spiro atoms. The number of amides is 1. The van der Waals surface area contributed by atoms with Gasteiger partial charge in [0.05, 0.1) is 6.54 Å². The molecule has 0 heterocycles. The molecule has 0 bridgehead atoms. The van der Waals surface area contributed by atoms with E-state index in [1.807, 2.05) is 13.0 Å². The van der Waals surface area contributed by atoms with Gasteiger partial charge in [-0.1, -0.05) is 40.9 Å². The molecule has 2 rings (SSSR count). The minimum absolute atomic E-state index is 0.0994. The zero-order chi connectivity index (χ0) is 15.4. The first kappa shape index (κ1) is 16.0. The summed E-state index contributed by atoms with van der Waals surface area (Å²) in [6.07, 6.45) is 0. The van der Waals surface area contributed by atoms with Crippen LogP contribution in [0.2, 0.25) is 15.1 Å². The molecule has 0 radical (unpaired) electrons. The number of carbonyl (C=O) groups is 1. The van der Waals surface area contributed by atoms with Crippen molar-refractivity contribution >= 4 is 52.1 Å². The van der Waals surface area contributed by atoms with Crippen LogP contribution in [0.1, 0.15) is 5.56 Å². The predicted octanol–water partition coefficient (Wildman–Crippen LogP) is 5.01. The fraction of sp³-hybridized carbons (Fsp3) is 0.133. The fourth-order valence-electron chi connectivity index (χ4n) is 1.71. The van der Waals surface area contributed by atoms with E-state index in [1.165, 1.54) is 0 Å². The summed E-state index contributed by atoms with van der Waals surface area (Å²) in [5, 5.41) is 7.35. The Morgan fingerprint density at radius 3 is 2.29 bits per heavy atom. The summed E-state index contributed by atoms with van der Waals surface area (Å²) in [5.74, 6) is -0.189. The van der Waals surface area contributed by atoms with E-state index in [0.717, 1.165) is 5.56 Å². The largest absolute Gasteiger partial charge is 0.376 e. The lowest BCUT2D eigenvalue weighted by atomic mass is 10.2. The van der Waals surface area contributed by atoms with Crippen molar-refractivity contribution in [1.29, 1.82) is 0 Å². The van der Waals surface area contributed by atoms with Crippen LogP contribution in [0, 0.1) is 6.92 Å². The highest BCUT2D eigenvalue weighted by atomic mass is 35.5. The second-order valence-electron chi connectivity index (χ2n) is 4.52. The first-order valence-corrected chi connectivity index (χ1v) is 7.33. The molecule has 110 valence electrons. The third-order valence-electron chi connectivity index (χ3n) is 2.77. The van der Waals surface area contributed by atoms with Crippen molar-refractivity contribution in [1.82, 2.24) is 0 Å². The Morgan fingerprint density at radius 1 is 1.00 bits per heavy atom. The molecule has 0 fully saturated rings. The predicted molar refractivity (Wildman–Crippen MR) is 89.8 cm³/mol. The van der Waals surface area contributed by atoms with Crippen molar-refractivity contribution in [3.8, 4) is 0 Å². The Hall–Kier alpha value is -1.42. The van der Waals surface area contributed by atoms with Crippen molar-refractivity contribution in [3.63, 3.8) is 0 Å². The van der Waals surface area contributed by atoms with Gasteiger partial charge in [-0.2, -0.15) is 0 Å². The molecule has 0 saturated heterocycles. The van der Waals surface area contributed by atoms with Gasteiger partial charge in [0.25, 0.3) is 0 Å². The van der Waals surface area contributed by atoms with E-state index in [9.17, 15) is 4.79 Å². The van der Waals surface area contributed by atoms with Gasteiger partial charge in [0.15, 0.2) is 0 Å². The highest BCUT2D eigenvalue weighted by molar-refractivity contribution is 6.35. The van der Waals surface area contributed by atoms with Crippen molar-refractivity contribution in [2.75, 3.05) is 17.2 Å². The average molecular weight is 344 g/mol. The highest BCUT2D eigenvalue weighted by Gasteiger charge is 2.05. The van der Waals surface area contributed by atoms with E-state index in [-0.39, 0.29) is 12.5 Å². The zero-order valence-corrected chi connectivity index (χ0v) is 13.5. The van der Waals surface area contributed by atoms with E-state index in [1.54, 1.807) is 30.3 Å². The molecular formula is C15H13Cl3N2O. The molecule has 0 aliphatic rings. The second-order valence-corrected chi connectivity index (χ2v) is 5.80. The zero-order valence-electron chi connectivity index (χ0n) is 11.2. The number of hydrogen-bond donors (Lipinski definition) is 2. The van der Waals surface area contributed by atoms with Crippen molar-refractivity contribution in [2.45, 2.75) is 6.92 Å². The van der Waals surface area contributed by atoms with Crippen LogP contribution >= 0.6 is 34.8 Å². The van der Waals surface area contributed by atoms with Gasteiger partial charge in [-0.15, -0.1) is 0 Å². The molecule has 2 aromatic carbocycles. The van der Waals surface area contributed by atoms with Crippen LogP contribution in [0.3, 0.4) is 0 Å². The van der Waals surface area contributed by atoms with Crippen LogP contribution in [0.4, 0.5) is 11.4 Å². The smallest absolute Gasteiger partial charge is 0.243 e. The Kier molecular flexibility index (Phi) is 5.34. The van der Waals surface area contributed by atoms with Gasteiger partial charge in [-0.3, -0.25) is 4.79 Å². The minimum atomic E-state index is -0.189. The number of halogens is 3. The monoisotopic (exact) mass is 342 g/mol. The molecule has 3 nitrogen and oxygen atoms in total. The maximum Gasteiger partial charge on any atom is 0.243 e. The number of nitrogens with one attached hydrogen (secondary N) is 2. The van der Waals surface area contributed by atoms with Gasteiger partial charge in [0.1, 0.15) is 0 Å². The molecule has 0 saturated carbocycles. The highest BCUT2D eigenvalue weighted by Crippen LogP contribution is 2.22. The Morgan fingerprint density at radius 2 is 1.67 bits per heavy atom. The van der Waals surface area contributed by atoms with Gasteiger partial charge in [-0.25, -0.2) is 0 Å². The van der Waals surface area contributed by atoms with Gasteiger partial charge in [0, 0.05) is 26.4 Å². The summed E-state index contributed by atoms with van der Waals surface area (Å²) >= 11 is 17.8. The van der Waals surface area contributed by atoms with Gasteiger partial charge < -0.3 is 10.6 Å². The second kappa shape index (κ2) is 7.03. The number of carbonyl (C=O) groups excluding carboxylic acids is 1. The van der Waals surface area contributed by atoms with E-state index in [2.05, 4.69) is 10.6 Å². The van der Waals surface area contributed by atoms with Gasteiger partial charge in [0.2, 0.25) is 5.91 Å². The topological polar surface area (TPSA) is 41.1 Å². The number of anilines is 2. The van der Waals surface area contributed by atoms with E-state index >= 15 is 0 Å². The van der Waals surface area contributed by atoms with E-state index < -0.39 is 0 Å². The molecule has 2 N–H and O–H groups in total. The molecule has 1 amide bonds. The minimum Gasteiger partial charge on any atom is -0.376 e. The van der Waals surface area contributed by atoms with Gasteiger partial charge >= 0.3 is 0 Å². The first-order valence-electron chi connectivity index (χ1n) is 6.20. The maximum atomic E-state index is 11.9. The Bertz CT molecular complexity index is 654. The van der Waals surface area contributed by atoms with Crippen LogP contribution in [-0.2, 0) is 4.79 Å². The molecule has 0 aromatic heterocycles. The lowest BCUT2D eigenvalue weighted by molar-refractivity contribution is -0.114. The van der Waals surface area contributed by atoms with Gasteiger partial charge in [-0.05, 0) is 42.8 Å². The lowest BCUT2D eigenvalue weighted by Gasteiger charge is -2.09. The summed E-state index contributed by atoms with van der Waals surface area (Å²) in [6, 6.07) is 10.4. The Balaban J connectivity index is 1.94. The normalized spacial score (nSPS) is 10.3. The van der Waals surface area contributed by atoms with E-state index in [4.69, 9.17) is 34.8 Å². The molecule has 0 atom stereocenters. The summed E-state index contributed by atoms with van der Waals surface area (Å²) in [4.78, 5) is 11.9. The number of aryl methyl sites for hydroxylation is 1. The van der Waals surface area contributed by atoms with Crippen LogP contribution in [-0.4, -0.2) is 12.5 Å². The molecule has 0 aliphatic carbocycles. The third-order valence-corrected chi connectivity index (χ3v) is 3.61. The summed E-state index contributed by atoms with van der Waals surface area (Å²) in [6.45, 7) is 2.00. The van der Waals surface area contributed by atoms with Crippen molar-refractivity contribution < 1.29 is 4.79 Å². The first-order chi connectivity index (χ1) is 9.94. The molecule has 6 heteroatoms. The molecule has 0 aliphatic heterocycles. The molecule has 21 heavy (non-hydrogen) atoms. The number of rotatable bonds is 4. The van der Waals surface area contributed by atoms with Crippen molar-refractivity contribution in [2.24, 2.45) is 0 Å². The van der Waals surface area contributed by atoms with E-state index in [0.29, 0.717) is 26.4 Å². The van der Waals surface area contributed by atoms with Crippen LogP contribution < -0.4 is 10.6 Å². The molecule has 0 unspecified atom stereocenters. The standard InChI is InChI=1S/C15H13Cl3N2O/c1-9-2-3-12(7-14(9)18)20-15(21)8-19-13-5-10(16)4-11(17)6-13/h2-7,19H,8H2,1H3,(H,20,21). The summed E-state index contributed by atoms with van der Waals surface area (Å²) < 4.78 is 0.